The van der Waals surface area contributed by atoms with Gasteiger partial charge in [-0.05, 0) is 37.6 Å². The highest BCUT2D eigenvalue weighted by Gasteiger charge is 2.52. The summed E-state index contributed by atoms with van der Waals surface area (Å²) in [5, 5.41) is 9.15. The van der Waals surface area contributed by atoms with E-state index in [1.54, 1.807) is 21.1 Å². The maximum atomic E-state index is 13.4. The molecule has 0 bridgehead atoms. The first-order valence-electron chi connectivity index (χ1n) is 11.9. The molecule has 1 aliphatic heterocycles. The van der Waals surface area contributed by atoms with E-state index in [1.807, 2.05) is 60.8 Å². The number of aromatic nitrogens is 1. The number of carbonyl (C=O) groups is 2. The van der Waals surface area contributed by atoms with Crippen molar-refractivity contribution in [2.75, 3.05) is 33.8 Å². The Balaban J connectivity index is 1.82. The lowest BCUT2D eigenvalue weighted by Gasteiger charge is -2.46. The van der Waals surface area contributed by atoms with E-state index in [-0.39, 0.29) is 0 Å². The number of methoxy groups -OCH3 is 4. The van der Waals surface area contributed by atoms with Gasteiger partial charge in [-0.25, -0.2) is 9.78 Å². The molecule has 0 radical (unpaired) electrons. The second kappa shape index (κ2) is 11.1. The zero-order chi connectivity index (χ0) is 27.4. The van der Waals surface area contributed by atoms with Gasteiger partial charge in [0.05, 0.1) is 51.3 Å². The summed E-state index contributed by atoms with van der Waals surface area (Å²) in [6.07, 6.45) is 0. The van der Waals surface area contributed by atoms with Crippen LogP contribution in [-0.2, 0) is 24.6 Å². The predicted molar refractivity (Wildman–Crippen MR) is 145 cm³/mol. The van der Waals surface area contributed by atoms with E-state index in [4.69, 9.17) is 23.9 Å². The van der Waals surface area contributed by atoms with Gasteiger partial charge in [0.1, 0.15) is 17.4 Å². The van der Waals surface area contributed by atoms with Crippen LogP contribution < -0.4 is 20.1 Å². The zero-order valence-corrected chi connectivity index (χ0v) is 23.0. The van der Waals surface area contributed by atoms with Crippen molar-refractivity contribution in [2.24, 2.45) is 5.92 Å². The molecule has 2 N–H and O–H groups in total. The third kappa shape index (κ3) is 4.91. The lowest BCUT2D eigenvalue weighted by molar-refractivity contribution is -0.149. The molecule has 2 heterocycles. The van der Waals surface area contributed by atoms with Gasteiger partial charge >= 0.3 is 11.9 Å². The number of allylic oxidation sites excluding steroid dienone is 1. The van der Waals surface area contributed by atoms with Crippen molar-refractivity contribution in [1.82, 2.24) is 10.3 Å². The van der Waals surface area contributed by atoms with Crippen LogP contribution in [0.15, 0.2) is 65.2 Å². The van der Waals surface area contributed by atoms with E-state index in [0.717, 1.165) is 11.1 Å². The van der Waals surface area contributed by atoms with Crippen LogP contribution in [0, 0.1) is 5.92 Å². The number of carbonyl (C=O) groups excluding carboxylic acids is 2. The molecule has 38 heavy (non-hydrogen) atoms. The number of rotatable bonds is 8. The highest BCUT2D eigenvalue weighted by molar-refractivity contribution is 7.14. The van der Waals surface area contributed by atoms with Crippen LogP contribution in [0.3, 0.4) is 0 Å². The topological polar surface area (TPSA) is 108 Å². The number of benzene rings is 2. The Hall–Kier alpha value is -4.05. The largest absolute Gasteiger partial charge is 0.497 e. The lowest BCUT2D eigenvalue weighted by atomic mass is 9.70. The molecule has 0 amide bonds. The quantitative estimate of drug-likeness (QED) is 0.405. The number of hydrogen-bond acceptors (Lipinski definition) is 10. The maximum Gasteiger partial charge on any atom is 0.337 e. The molecular formula is C28H31N3O6S. The first kappa shape index (κ1) is 27.0. The fraction of sp³-hybridized carbons (Fsp3) is 0.321. The molecule has 0 aliphatic carbocycles. The van der Waals surface area contributed by atoms with Gasteiger partial charge in [0.25, 0.3) is 0 Å². The lowest BCUT2D eigenvalue weighted by Crippen LogP contribution is -2.60. The summed E-state index contributed by atoms with van der Waals surface area (Å²) in [6, 6.07) is 14.3. The maximum absolute atomic E-state index is 13.4. The number of esters is 2. The van der Waals surface area contributed by atoms with Gasteiger partial charge in [-0.15, -0.1) is 11.3 Å². The minimum atomic E-state index is -0.899. The van der Waals surface area contributed by atoms with Crippen LogP contribution >= 0.6 is 11.3 Å². The Bertz CT molecular complexity index is 1360. The summed E-state index contributed by atoms with van der Waals surface area (Å²) in [4.78, 5) is 31.1. The standard InChI is InChI=1S/C28H31N3O6S/c1-16-22(25(32)36-5)24(23(26(33)37-6)28(2,31-16)17-10-8-7-9-11-17)30-27-29-20(15-38-27)19-14-18(34-3)12-13-21(19)35-4/h7-15,23-24,31H,1-6H3,(H,29,30). The van der Waals surface area contributed by atoms with Crippen molar-refractivity contribution < 1.29 is 28.5 Å². The molecule has 3 aromatic rings. The van der Waals surface area contributed by atoms with Crippen LogP contribution in [0.1, 0.15) is 19.4 Å². The third-order valence-corrected chi connectivity index (χ3v) is 7.59. The molecule has 200 valence electrons. The van der Waals surface area contributed by atoms with E-state index in [0.29, 0.717) is 33.6 Å². The predicted octanol–water partition coefficient (Wildman–Crippen LogP) is 4.36. The van der Waals surface area contributed by atoms with Crippen molar-refractivity contribution >= 4 is 28.4 Å². The molecule has 0 saturated heterocycles. The van der Waals surface area contributed by atoms with E-state index in [1.165, 1.54) is 25.6 Å². The Morgan fingerprint density at radius 1 is 1.03 bits per heavy atom. The Morgan fingerprint density at radius 3 is 2.39 bits per heavy atom. The van der Waals surface area contributed by atoms with Gasteiger partial charge in [-0.3, -0.25) is 4.79 Å². The van der Waals surface area contributed by atoms with Crippen molar-refractivity contribution in [3.05, 3.63) is 70.7 Å². The van der Waals surface area contributed by atoms with Crippen molar-refractivity contribution in [1.29, 1.82) is 0 Å². The van der Waals surface area contributed by atoms with Crippen LogP contribution in [-0.4, -0.2) is 51.4 Å². The Labute approximate surface area is 225 Å². The smallest absolute Gasteiger partial charge is 0.337 e. The monoisotopic (exact) mass is 537 g/mol. The molecule has 9 nitrogen and oxygen atoms in total. The number of hydrogen-bond donors (Lipinski definition) is 2. The van der Waals surface area contributed by atoms with Crippen molar-refractivity contribution in [3.8, 4) is 22.8 Å². The van der Waals surface area contributed by atoms with Gasteiger partial charge < -0.3 is 29.6 Å². The van der Waals surface area contributed by atoms with E-state index in [2.05, 4.69) is 10.6 Å². The van der Waals surface area contributed by atoms with Crippen molar-refractivity contribution in [2.45, 2.75) is 25.4 Å². The Morgan fingerprint density at radius 2 is 1.76 bits per heavy atom. The molecule has 10 heteroatoms. The van der Waals surface area contributed by atoms with Crippen LogP contribution in [0.2, 0.25) is 0 Å². The number of ether oxygens (including phenoxy) is 4. The van der Waals surface area contributed by atoms with Gasteiger partial charge in [0, 0.05) is 16.6 Å². The van der Waals surface area contributed by atoms with Gasteiger partial charge in [-0.1, -0.05) is 30.3 Å². The molecule has 0 spiro atoms. The number of nitrogens with zero attached hydrogens (tertiary/aromatic N) is 1. The van der Waals surface area contributed by atoms with E-state index >= 15 is 0 Å². The second-order valence-electron chi connectivity index (χ2n) is 8.95. The first-order valence-corrected chi connectivity index (χ1v) is 12.8. The molecule has 0 saturated carbocycles. The molecular weight excluding hydrogens is 506 g/mol. The fourth-order valence-corrected chi connectivity index (χ4v) is 5.71. The first-order chi connectivity index (χ1) is 18.3. The fourth-order valence-electron chi connectivity index (χ4n) is 4.96. The molecule has 2 aromatic carbocycles. The number of anilines is 1. The average Bonchev–Trinajstić information content (AvgIpc) is 3.40. The molecule has 3 atom stereocenters. The third-order valence-electron chi connectivity index (χ3n) is 6.82. The zero-order valence-electron chi connectivity index (χ0n) is 22.2. The molecule has 4 rings (SSSR count). The molecule has 3 unspecified atom stereocenters. The molecule has 0 fully saturated rings. The normalized spacial score (nSPS) is 20.8. The van der Waals surface area contributed by atoms with Gasteiger partial charge in [-0.2, -0.15) is 0 Å². The van der Waals surface area contributed by atoms with Crippen molar-refractivity contribution in [3.63, 3.8) is 0 Å². The highest BCUT2D eigenvalue weighted by Crippen LogP contribution is 2.42. The van der Waals surface area contributed by atoms with Crippen LogP contribution in [0.4, 0.5) is 5.13 Å². The minimum absolute atomic E-state index is 0.298. The highest BCUT2D eigenvalue weighted by atomic mass is 32.1. The number of thiazole rings is 1. The summed E-state index contributed by atoms with van der Waals surface area (Å²) < 4.78 is 21.3. The summed E-state index contributed by atoms with van der Waals surface area (Å²) >= 11 is 1.34. The van der Waals surface area contributed by atoms with Crippen LogP contribution in [0.5, 0.6) is 11.5 Å². The van der Waals surface area contributed by atoms with Gasteiger partial charge in [0.15, 0.2) is 5.13 Å². The average molecular weight is 538 g/mol. The van der Waals surface area contributed by atoms with E-state index < -0.39 is 29.4 Å². The summed E-state index contributed by atoms with van der Waals surface area (Å²) in [7, 11) is 5.84. The minimum Gasteiger partial charge on any atom is -0.497 e. The second-order valence-corrected chi connectivity index (χ2v) is 9.81. The SMILES string of the molecule is COC(=O)C1=C(C)NC(C)(c2ccccc2)C(C(=O)OC)C1Nc1nc(-c2cc(OC)ccc2OC)cs1. The summed E-state index contributed by atoms with van der Waals surface area (Å²) in [5.74, 6) is -0.576. The summed E-state index contributed by atoms with van der Waals surface area (Å²) in [6.45, 7) is 3.72. The van der Waals surface area contributed by atoms with E-state index in [9.17, 15) is 9.59 Å². The molecule has 1 aliphatic rings. The van der Waals surface area contributed by atoms with Crippen LogP contribution in [0.25, 0.3) is 11.3 Å². The summed E-state index contributed by atoms with van der Waals surface area (Å²) in [5.41, 5.74) is 2.26. The Kier molecular flexibility index (Phi) is 7.91. The molecule has 1 aromatic heterocycles. The van der Waals surface area contributed by atoms with Gasteiger partial charge in [0.2, 0.25) is 0 Å². The number of nitrogens with one attached hydrogen (secondary N) is 2.